The van der Waals surface area contributed by atoms with Crippen LogP contribution >= 0.6 is 0 Å². The molecule has 4 rings (SSSR count). The van der Waals surface area contributed by atoms with E-state index in [1.54, 1.807) is 18.3 Å². The number of hydrogen-bond donors (Lipinski definition) is 1. The van der Waals surface area contributed by atoms with Gasteiger partial charge in [0.1, 0.15) is 6.33 Å². The zero-order chi connectivity index (χ0) is 20.8. The molecule has 0 aliphatic carbocycles. The van der Waals surface area contributed by atoms with Gasteiger partial charge in [0.2, 0.25) is 0 Å². The summed E-state index contributed by atoms with van der Waals surface area (Å²) >= 11 is 0. The van der Waals surface area contributed by atoms with E-state index in [-0.39, 0.29) is 11.9 Å². The summed E-state index contributed by atoms with van der Waals surface area (Å²) in [6, 6.07) is 14.0. The van der Waals surface area contributed by atoms with Crippen LogP contribution in [0.3, 0.4) is 0 Å². The predicted molar refractivity (Wildman–Crippen MR) is 113 cm³/mol. The molecule has 1 saturated heterocycles. The molecule has 0 unspecified atom stereocenters. The number of nitrogens with one attached hydrogen (secondary N) is 1. The highest BCUT2D eigenvalue weighted by Gasteiger charge is 2.22. The highest BCUT2D eigenvalue weighted by Crippen LogP contribution is 2.23. The van der Waals surface area contributed by atoms with Gasteiger partial charge in [0, 0.05) is 12.3 Å². The molecule has 0 saturated carbocycles. The molecule has 1 aromatic carbocycles. The fourth-order valence-corrected chi connectivity index (χ4v) is 3.91. The lowest BCUT2D eigenvalue weighted by molar-refractivity contribution is 0.0929. The molecule has 1 atom stereocenters. The van der Waals surface area contributed by atoms with Gasteiger partial charge < -0.3 is 9.84 Å². The van der Waals surface area contributed by atoms with Crippen molar-refractivity contribution in [2.45, 2.75) is 38.8 Å². The minimum atomic E-state index is -0.266. The van der Waals surface area contributed by atoms with Crippen LogP contribution in [0, 0.1) is 5.92 Å². The number of piperidine rings is 1. The normalized spacial score (nSPS) is 16.3. The van der Waals surface area contributed by atoms with Gasteiger partial charge in [-0.3, -0.25) is 9.69 Å². The van der Waals surface area contributed by atoms with Crippen molar-refractivity contribution in [3.8, 4) is 0 Å². The van der Waals surface area contributed by atoms with Crippen molar-refractivity contribution < 1.29 is 9.32 Å². The summed E-state index contributed by atoms with van der Waals surface area (Å²) in [5.74, 6) is 1.18. The Labute approximate surface area is 176 Å². The summed E-state index contributed by atoms with van der Waals surface area (Å²) in [7, 11) is 0. The first-order chi connectivity index (χ1) is 14.7. The second-order valence-electron chi connectivity index (χ2n) is 7.92. The van der Waals surface area contributed by atoms with E-state index in [4.69, 9.17) is 4.52 Å². The molecule has 30 heavy (non-hydrogen) atoms. The van der Waals surface area contributed by atoms with Gasteiger partial charge in [-0.25, -0.2) is 9.97 Å². The van der Waals surface area contributed by atoms with E-state index < -0.39 is 0 Å². The molecule has 3 aromatic rings. The first-order valence-corrected chi connectivity index (χ1v) is 10.5. The van der Waals surface area contributed by atoms with Crippen LogP contribution in [-0.2, 0) is 13.0 Å². The number of rotatable bonds is 7. The summed E-state index contributed by atoms with van der Waals surface area (Å²) in [6.45, 7) is 4.62. The van der Waals surface area contributed by atoms with Gasteiger partial charge in [-0.2, -0.15) is 0 Å². The Hall–Kier alpha value is -3.06. The van der Waals surface area contributed by atoms with E-state index in [1.165, 1.54) is 24.7 Å². The molecule has 0 bridgehead atoms. The topological polar surface area (TPSA) is 84.2 Å². The molecule has 0 radical (unpaired) electrons. The predicted octanol–water partition coefficient (Wildman–Crippen LogP) is 3.41. The minimum absolute atomic E-state index is 0.232. The molecule has 0 spiro atoms. The van der Waals surface area contributed by atoms with Crippen LogP contribution in [0.1, 0.15) is 53.3 Å². The maximum absolute atomic E-state index is 12.5. The maximum atomic E-state index is 12.5. The first kappa shape index (κ1) is 20.2. The highest BCUT2D eigenvalue weighted by molar-refractivity contribution is 5.92. The van der Waals surface area contributed by atoms with Crippen molar-refractivity contribution in [1.29, 1.82) is 0 Å². The fraction of sp³-hybridized carbons (Fsp3) is 0.391. The molecule has 1 aliphatic rings. The maximum Gasteiger partial charge on any atom is 0.273 e. The summed E-state index contributed by atoms with van der Waals surface area (Å²) < 4.78 is 5.42. The number of hydrogen-bond acceptors (Lipinski definition) is 6. The van der Waals surface area contributed by atoms with Gasteiger partial charge in [0.25, 0.3) is 5.91 Å². The number of benzene rings is 1. The number of likely N-dealkylation sites (tertiary alicyclic amines) is 1. The van der Waals surface area contributed by atoms with E-state index in [9.17, 15) is 4.79 Å². The quantitative estimate of drug-likeness (QED) is 0.648. The van der Waals surface area contributed by atoms with Gasteiger partial charge in [0.05, 0.1) is 18.3 Å². The van der Waals surface area contributed by atoms with Crippen LogP contribution in [0.25, 0.3) is 0 Å². The van der Waals surface area contributed by atoms with Crippen molar-refractivity contribution in [1.82, 2.24) is 25.3 Å². The van der Waals surface area contributed by atoms with E-state index in [0.29, 0.717) is 12.2 Å². The zero-order valence-electron chi connectivity index (χ0n) is 17.2. The Morgan fingerprint density at radius 3 is 2.77 bits per heavy atom. The minimum Gasteiger partial charge on any atom is -0.359 e. The molecule has 7 nitrogen and oxygen atoms in total. The van der Waals surface area contributed by atoms with Crippen LogP contribution in [-0.4, -0.2) is 39.0 Å². The SMILES string of the molecule is C[C@@H](NC(=O)c1cc(CN2CCC(Cc3ccccc3)CC2)on1)c1ccncn1. The largest absolute Gasteiger partial charge is 0.359 e. The first-order valence-electron chi connectivity index (χ1n) is 10.5. The smallest absolute Gasteiger partial charge is 0.273 e. The lowest BCUT2D eigenvalue weighted by Gasteiger charge is -2.31. The molecule has 156 valence electrons. The Bertz CT molecular complexity index is 936. The molecule has 1 N–H and O–H groups in total. The second-order valence-corrected chi connectivity index (χ2v) is 7.92. The number of carbonyl (C=O) groups excluding carboxylic acids is 1. The molecule has 1 fully saturated rings. The molecule has 1 aliphatic heterocycles. The number of carbonyl (C=O) groups is 1. The van der Waals surface area contributed by atoms with Gasteiger partial charge in [-0.05, 0) is 56.8 Å². The lowest BCUT2D eigenvalue weighted by Crippen LogP contribution is -2.33. The van der Waals surface area contributed by atoms with E-state index in [2.05, 4.69) is 55.7 Å². The molecule has 3 heterocycles. The van der Waals surface area contributed by atoms with Crippen molar-refractivity contribution in [3.05, 3.63) is 77.7 Å². The van der Waals surface area contributed by atoms with E-state index in [1.807, 2.05) is 6.92 Å². The summed E-state index contributed by atoms with van der Waals surface area (Å²) in [6.07, 6.45) is 6.61. The van der Waals surface area contributed by atoms with Crippen LogP contribution in [0.15, 0.2) is 59.5 Å². The Balaban J connectivity index is 1.25. The third-order valence-corrected chi connectivity index (χ3v) is 5.64. The number of amides is 1. The average Bonchev–Trinajstić information content (AvgIpc) is 3.25. The monoisotopic (exact) mass is 405 g/mol. The molecule has 1 amide bonds. The number of nitrogens with zero attached hydrogens (tertiary/aromatic N) is 4. The van der Waals surface area contributed by atoms with Crippen molar-refractivity contribution >= 4 is 5.91 Å². The van der Waals surface area contributed by atoms with Gasteiger partial charge in [-0.1, -0.05) is 35.5 Å². The second kappa shape index (κ2) is 9.63. The van der Waals surface area contributed by atoms with Gasteiger partial charge in [-0.15, -0.1) is 0 Å². The Morgan fingerprint density at radius 1 is 1.23 bits per heavy atom. The summed E-state index contributed by atoms with van der Waals surface area (Å²) in [5.41, 5.74) is 2.46. The molecular weight excluding hydrogens is 378 g/mol. The zero-order valence-corrected chi connectivity index (χ0v) is 17.2. The molecule has 7 heteroatoms. The lowest BCUT2D eigenvalue weighted by atomic mass is 9.90. The summed E-state index contributed by atoms with van der Waals surface area (Å²) in [5, 5.41) is 6.85. The number of aromatic nitrogens is 3. The Morgan fingerprint density at radius 2 is 2.03 bits per heavy atom. The molecule has 2 aromatic heterocycles. The fourth-order valence-electron chi connectivity index (χ4n) is 3.91. The van der Waals surface area contributed by atoms with Gasteiger partial charge in [0.15, 0.2) is 11.5 Å². The third kappa shape index (κ3) is 5.30. The van der Waals surface area contributed by atoms with Gasteiger partial charge >= 0.3 is 0 Å². The summed E-state index contributed by atoms with van der Waals surface area (Å²) in [4.78, 5) is 22.9. The van der Waals surface area contributed by atoms with Crippen LogP contribution in [0.4, 0.5) is 0 Å². The Kier molecular flexibility index (Phi) is 6.49. The standard InChI is InChI=1S/C23H27N5O2/c1-17(21-7-10-24-16-25-21)26-23(29)22-14-20(30-27-22)15-28-11-8-19(9-12-28)13-18-5-3-2-4-6-18/h2-7,10,14,16-17,19H,8-9,11-13,15H2,1H3,(H,26,29)/t17-/m1/s1. The van der Waals surface area contributed by atoms with Crippen molar-refractivity contribution in [2.75, 3.05) is 13.1 Å². The van der Waals surface area contributed by atoms with E-state index >= 15 is 0 Å². The van der Waals surface area contributed by atoms with Crippen LogP contribution in [0.5, 0.6) is 0 Å². The molecular formula is C23H27N5O2. The highest BCUT2D eigenvalue weighted by atomic mass is 16.5. The van der Waals surface area contributed by atoms with Crippen LogP contribution < -0.4 is 5.32 Å². The van der Waals surface area contributed by atoms with Crippen molar-refractivity contribution in [3.63, 3.8) is 0 Å². The van der Waals surface area contributed by atoms with Crippen molar-refractivity contribution in [2.24, 2.45) is 5.92 Å². The average molecular weight is 406 g/mol. The van der Waals surface area contributed by atoms with Crippen LogP contribution in [0.2, 0.25) is 0 Å². The third-order valence-electron chi connectivity index (χ3n) is 5.64. The van der Waals surface area contributed by atoms with E-state index in [0.717, 1.165) is 36.9 Å².